The van der Waals surface area contributed by atoms with Crippen LogP contribution in [0.1, 0.15) is 12.0 Å². The maximum absolute atomic E-state index is 12.7. The Kier molecular flexibility index (Phi) is 5.55. The minimum atomic E-state index is -3.23. The number of likely N-dealkylation sites (tertiary alicyclic amines) is 1. The number of halogens is 1. The second-order valence-corrected chi connectivity index (χ2v) is 9.14. The molecule has 0 aromatic heterocycles. The summed E-state index contributed by atoms with van der Waals surface area (Å²) in [5.74, 6) is -0.513. The second kappa shape index (κ2) is 7.54. The van der Waals surface area contributed by atoms with E-state index in [4.69, 9.17) is 11.6 Å². The van der Waals surface area contributed by atoms with E-state index in [1.165, 1.54) is 10.6 Å². The van der Waals surface area contributed by atoms with E-state index in [2.05, 4.69) is 0 Å². The fourth-order valence-electron chi connectivity index (χ4n) is 3.42. The predicted molar refractivity (Wildman–Crippen MR) is 98.0 cm³/mol. The van der Waals surface area contributed by atoms with Crippen LogP contribution < -0.4 is 0 Å². The van der Waals surface area contributed by atoms with Gasteiger partial charge in [-0.25, -0.2) is 8.42 Å². The number of hydrogen-bond acceptors (Lipinski definition) is 4. The molecule has 1 aromatic carbocycles. The van der Waals surface area contributed by atoms with Gasteiger partial charge in [0.05, 0.1) is 12.2 Å². The van der Waals surface area contributed by atoms with Crippen LogP contribution in [0.15, 0.2) is 24.3 Å². The van der Waals surface area contributed by atoms with E-state index in [9.17, 15) is 18.0 Å². The van der Waals surface area contributed by atoms with Gasteiger partial charge in [0, 0.05) is 50.7 Å². The minimum absolute atomic E-state index is 0.0574. The molecule has 2 aliphatic heterocycles. The van der Waals surface area contributed by atoms with E-state index in [1.54, 1.807) is 15.9 Å². The standard InChI is InChI=1S/C17H22ClN3O4S/c1-26(24,25)21-8-6-19(7-9-21)17(23)14-10-16(22)20(12-14)11-13-4-2-3-5-15(13)18/h2-5,14H,6-12H2,1H3. The zero-order chi connectivity index (χ0) is 18.9. The van der Waals surface area contributed by atoms with Gasteiger partial charge in [-0.15, -0.1) is 0 Å². The molecular formula is C17H22ClN3O4S. The van der Waals surface area contributed by atoms with Crippen LogP contribution in [0.25, 0.3) is 0 Å². The zero-order valence-corrected chi connectivity index (χ0v) is 16.2. The van der Waals surface area contributed by atoms with Crippen molar-refractivity contribution in [1.29, 1.82) is 0 Å². The molecule has 0 aliphatic carbocycles. The Balaban J connectivity index is 1.58. The molecule has 2 amide bonds. The summed E-state index contributed by atoms with van der Waals surface area (Å²) in [4.78, 5) is 28.3. The molecule has 1 aromatic rings. The van der Waals surface area contributed by atoms with Gasteiger partial charge in [-0.05, 0) is 11.6 Å². The number of rotatable bonds is 4. The summed E-state index contributed by atoms with van der Waals surface area (Å²) in [6, 6.07) is 7.35. The average molecular weight is 400 g/mol. The van der Waals surface area contributed by atoms with Crippen molar-refractivity contribution < 1.29 is 18.0 Å². The number of sulfonamides is 1. The van der Waals surface area contributed by atoms with Gasteiger partial charge in [-0.3, -0.25) is 9.59 Å². The van der Waals surface area contributed by atoms with Gasteiger partial charge >= 0.3 is 0 Å². The molecule has 3 rings (SSSR count). The van der Waals surface area contributed by atoms with E-state index in [-0.39, 0.29) is 24.2 Å². The van der Waals surface area contributed by atoms with Crippen LogP contribution in [0.5, 0.6) is 0 Å². The minimum Gasteiger partial charge on any atom is -0.340 e. The summed E-state index contributed by atoms with van der Waals surface area (Å²) in [6.07, 6.45) is 1.36. The van der Waals surface area contributed by atoms with Gasteiger partial charge in [0.2, 0.25) is 21.8 Å². The Bertz CT molecular complexity index is 806. The van der Waals surface area contributed by atoms with Gasteiger partial charge in [0.1, 0.15) is 0 Å². The third-order valence-electron chi connectivity index (χ3n) is 4.90. The Hall–Kier alpha value is -1.64. The lowest BCUT2D eigenvalue weighted by atomic mass is 10.1. The molecule has 142 valence electrons. The highest BCUT2D eigenvalue weighted by atomic mass is 35.5. The number of carbonyl (C=O) groups excluding carboxylic acids is 2. The zero-order valence-electron chi connectivity index (χ0n) is 14.6. The first-order valence-electron chi connectivity index (χ1n) is 8.51. The van der Waals surface area contributed by atoms with Crippen LogP contribution in [-0.2, 0) is 26.2 Å². The van der Waals surface area contributed by atoms with Crippen LogP contribution in [0.3, 0.4) is 0 Å². The summed E-state index contributed by atoms with van der Waals surface area (Å²) in [6.45, 7) is 2.09. The van der Waals surface area contributed by atoms with Crippen LogP contribution in [0.2, 0.25) is 5.02 Å². The molecule has 0 bridgehead atoms. The molecule has 7 nitrogen and oxygen atoms in total. The lowest BCUT2D eigenvalue weighted by molar-refractivity contribution is -0.137. The maximum atomic E-state index is 12.7. The molecule has 0 saturated carbocycles. The van der Waals surface area contributed by atoms with Crippen LogP contribution in [0, 0.1) is 5.92 Å². The van der Waals surface area contributed by atoms with Crippen LogP contribution in [-0.4, -0.2) is 73.3 Å². The predicted octanol–water partition coefficient (Wildman–Crippen LogP) is 0.792. The Morgan fingerprint density at radius 2 is 1.85 bits per heavy atom. The third-order valence-corrected chi connectivity index (χ3v) is 6.57. The molecule has 0 N–H and O–H groups in total. The monoisotopic (exact) mass is 399 g/mol. The van der Waals surface area contributed by atoms with E-state index < -0.39 is 10.0 Å². The largest absolute Gasteiger partial charge is 0.340 e. The van der Waals surface area contributed by atoms with Crippen molar-refractivity contribution in [3.8, 4) is 0 Å². The SMILES string of the molecule is CS(=O)(=O)N1CCN(C(=O)C2CC(=O)N(Cc3ccccc3Cl)C2)CC1. The van der Waals surface area contributed by atoms with Crippen molar-refractivity contribution in [3.63, 3.8) is 0 Å². The average Bonchev–Trinajstić information content (AvgIpc) is 2.96. The third kappa shape index (κ3) is 4.19. The molecule has 2 aliphatic rings. The molecule has 0 spiro atoms. The van der Waals surface area contributed by atoms with Crippen LogP contribution >= 0.6 is 11.6 Å². The number of carbonyl (C=O) groups is 2. The first-order valence-corrected chi connectivity index (χ1v) is 10.7. The lowest BCUT2D eigenvalue weighted by Gasteiger charge is -2.34. The van der Waals surface area contributed by atoms with Crippen molar-refractivity contribution in [2.45, 2.75) is 13.0 Å². The maximum Gasteiger partial charge on any atom is 0.228 e. The molecule has 1 unspecified atom stereocenters. The Morgan fingerprint density at radius 1 is 1.19 bits per heavy atom. The number of piperazine rings is 1. The van der Waals surface area contributed by atoms with Crippen molar-refractivity contribution in [3.05, 3.63) is 34.9 Å². The summed E-state index contributed by atoms with van der Waals surface area (Å²) in [7, 11) is -3.23. The number of hydrogen-bond donors (Lipinski definition) is 0. The van der Waals surface area contributed by atoms with Gasteiger partial charge in [0.15, 0.2) is 0 Å². The quantitative estimate of drug-likeness (QED) is 0.750. The number of nitrogens with zero attached hydrogens (tertiary/aromatic N) is 3. The van der Waals surface area contributed by atoms with Gasteiger partial charge in [-0.2, -0.15) is 4.31 Å². The number of benzene rings is 1. The number of amides is 2. The molecule has 2 saturated heterocycles. The summed E-state index contributed by atoms with van der Waals surface area (Å²) < 4.78 is 24.5. The summed E-state index contributed by atoms with van der Waals surface area (Å²) in [5.41, 5.74) is 0.859. The van der Waals surface area contributed by atoms with Crippen molar-refractivity contribution in [2.75, 3.05) is 39.0 Å². The smallest absolute Gasteiger partial charge is 0.228 e. The van der Waals surface area contributed by atoms with Crippen LogP contribution in [0.4, 0.5) is 0 Å². The summed E-state index contributed by atoms with van der Waals surface area (Å²) >= 11 is 6.15. The molecule has 9 heteroatoms. The Morgan fingerprint density at radius 3 is 2.46 bits per heavy atom. The van der Waals surface area contributed by atoms with E-state index in [0.717, 1.165) is 5.56 Å². The van der Waals surface area contributed by atoms with Gasteiger partial charge in [0.25, 0.3) is 0 Å². The first kappa shape index (κ1) is 19.1. The topological polar surface area (TPSA) is 78.0 Å². The van der Waals surface area contributed by atoms with E-state index in [0.29, 0.717) is 44.3 Å². The highest BCUT2D eigenvalue weighted by Crippen LogP contribution is 2.25. The van der Waals surface area contributed by atoms with Crippen molar-refractivity contribution >= 4 is 33.4 Å². The van der Waals surface area contributed by atoms with E-state index >= 15 is 0 Å². The molecule has 2 fully saturated rings. The first-order chi connectivity index (χ1) is 12.3. The molecule has 26 heavy (non-hydrogen) atoms. The Labute approximate surface area is 158 Å². The normalized spacial score (nSPS) is 22.1. The fraction of sp³-hybridized carbons (Fsp3) is 0.529. The molecule has 2 heterocycles. The molecule has 1 atom stereocenters. The van der Waals surface area contributed by atoms with Gasteiger partial charge < -0.3 is 9.80 Å². The summed E-state index contributed by atoms with van der Waals surface area (Å²) in [5, 5.41) is 0.604. The van der Waals surface area contributed by atoms with E-state index in [1.807, 2.05) is 18.2 Å². The highest BCUT2D eigenvalue weighted by molar-refractivity contribution is 7.88. The second-order valence-electron chi connectivity index (χ2n) is 6.75. The van der Waals surface area contributed by atoms with Gasteiger partial charge in [-0.1, -0.05) is 29.8 Å². The lowest BCUT2D eigenvalue weighted by Crippen LogP contribution is -2.51. The van der Waals surface area contributed by atoms with Crippen molar-refractivity contribution in [1.82, 2.24) is 14.1 Å². The molecular weight excluding hydrogens is 378 g/mol. The van der Waals surface area contributed by atoms with Crippen molar-refractivity contribution in [2.24, 2.45) is 5.92 Å². The molecule has 0 radical (unpaired) electrons. The highest BCUT2D eigenvalue weighted by Gasteiger charge is 2.38. The fourth-order valence-corrected chi connectivity index (χ4v) is 4.44.